The molecule has 0 aliphatic rings. The normalized spacial score (nSPS) is 10.3. The summed E-state index contributed by atoms with van der Waals surface area (Å²) in [5.74, 6) is -3.09. The third kappa shape index (κ3) is 4.80. The molecule has 0 fully saturated rings. The molecule has 1 heterocycles. The van der Waals surface area contributed by atoms with Crippen LogP contribution in [0.5, 0.6) is 0 Å². The third-order valence-electron chi connectivity index (χ3n) is 1.44. The summed E-state index contributed by atoms with van der Waals surface area (Å²) in [6.45, 7) is 0. The fourth-order valence-electron chi connectivity index (χ4n) is 0.782. The molecule has 1 aromatic rings. The van der Waals surface area contributed by atoms with E-state index in [1.807, 2.05) is 0 Å². The average molecular weight is 314 g/mol. The van der Waals surface area contributed by atoms with Crippen LogP contribution in [-0.2, 0) is 10.4 Å². The Kier molecular flexibility index (Phi) is 5.03. The molecule has 0 aromatic carbocycles. The summed E-state index contributed by atoms with van der Waals surface area (Å²) in [5.41, 5.74) is 3.98. The smallest absolute Gasteiger partial charge is 0.414 e. The molecule has 0 saturated heterocycles. The Morgan fingerprint density at radius 1 is 1.20 bits per heavy atom. The number of nitrogen functional groups attached to an aromatic ring is 1. The van der Waals surface area contributed by atoms with E-state index in [4.69, 9.17) is 33.9 Å². The average Bonchev–Trinajstić information content (AvgIpc) is 2.22. The Morgan fingerprint density at radius 2 is 1.55 bits per heavy atom. The number of nitrogens with two attached hydrogens (primary N) is 1. The van der Waals surface area contributed by atoms with Gasteiger partial charge in [0.05, 0.1) is 0 Å². The number of nitrogens with zero attached hydrogens (tertiary/aromatic N) is 4. The lowest BCUT2D eigenvalue weighted by Gasteiger charge is -2.02. The van der Waals surface area contributed by atoms with Crippen LogP contribution < -0.4 is 11.2 Å². The summed E-state index contributed by atoms with van der Waals surface area (Å²) >= 11 is 0. The summed E-state index contributed by atoms with van der Waals surface area (Å²) in [7, 11) is -4.67. The molecule has 0 amide bonds. The summed E-state index contributed by atoms with van der Waals surface area (Å²) < 4.78 is 31.4. The van der Waals surface area contributed by atoms with Crippen LogP contribution in [0.15, 0.2) is 0 Å². The van der Waals surface area contributed by atoms with E-state index in [2.05, 4.69) is 4.98 Å². The van der Waals surface area contributed by atoms with E-state index in [0.717, 1.165) is 0 Å². The molecule has 1 aromatic heterocycles. The lowest BCUT2D eigenvalue weighted by Crippen LogP contribution is -2.26. The number of aromatic nitrogens is 2. The Labute approximate surface area is 108 Å². The van der Waals surface area contributed by atoms with Gasteiger partial charge in [0.2, 0.25) is 5.82 Å². The van der Waals surface area contributed by atoms with Crippen LogP contribution >= 0.6 is 0 Å². The van der Waals surface area contributed by atoms with E-state index in [9.17, 15) is 20.2 Å². The van der Waals surface area contributed by atoms with Crippen molar-refractivity contribution < 1.29 is 32.6 Å². The van der Waals surface area contributed by atoms with Gasteiger partial charge in [0, 0.05) is 4.98 Å². The highest BCUT2D eigenvalue weighted by molar-refractivity contribution is 7.79. The lowest BCUT2D eigenvalue weighted by molar-refractivity contribution is -0.405. The van der Waals surface area contributed by atoms with Crippen molar-refractivity contribution in [3.8, 4) is 0 Å². The Balaban J connectivity index is 0.000000621. The van der Waals surface area contributed by atoms with Gasteiger partial charge in [-0.25, -0.2) is 0 Å². The predicted octanol–water partition coefficient (Wildman–Crippen LogP) is -1.65. The summed E-state index contributed by atoms with van der Waals surface area (Å²) in [4.78, 5) is 21.3. The van der Waals surface area contributed by atoms with Crippen molar-refractivity contribution in [3.05, 3.63) is 25.7 Å². The topological polar surface area (TPSA) is 249 Å². The highest BCUT2D eigenvalue weighted by Crippen LogP contribution is 2.17. The summed E-state index contributed by atoms with van der Waals surface area (Å²) in [5, 5.41) is 36.6. The van der Waals surface area contributed by atoms with Gasteiger partial charge in [0.25, 0.3) is 5.49 Å². The second-order valence-electron chi connectivity index (χ2n) is 2.77. The number of nitro groups is 2. The SMILES string of the molecule is N=c1c([N+](=O)[O-])nc([N+](=O)[O-])c(N)n1O.O=S(=O)(O)O. The van der Waals surface area contributed by atoms with Gasteiger partial charge in [-0.2, -0.15) is 8.42 Å². The van der Waals surface area contributed by atoms with Crippen molar-refractivity contribution in [1.29, 1.82) is 5.41 Å². The van der Waals surface area contributed by atoms with Gasteiger partial charge in [0.1, 0.15) is 0 Å². The zero-order valence-corrected chi connectivity index (χ0v) is 9.88. The molecule has 6 N–H and O–H groups in total. The fraction of sp³-hybridized carbons (Fsp3) is 0. The Morgan fingerprint density at radius 3 is 1.85 bits per heavy atom. The minimum atomic E-state index is -4.67. The minimum Gasteiger partial charge on any atom is -0.424 e. The van der Waals surface area contributed by atoms with Crippen LogP contribution in [-0.4, -0.2) is 42.3 Å². The standard InChI is InChI=1S/C4H4N6O5.H2O4S/c5-1-3(9(12)13)7-4(10(14)15)2(6)8(1)11;1-5(2,3)4/h5,11H,6H2;(H2,1,2,3,4). The van der Waals surface area contributed by atoms with Gasteiger partial charge in [-0.3, -0.25) is 14.5 Å². The molecule has 0 atom stereocenters. The van der Waals surface area contributed by atoms with E-state index in [1.54, 1.807) is 0 Å². The van der Waals surface area contributed by atoms with Crippen molar-refractivity contribution in [2.45, 2.75) is 0 Å². The molecule has 0 aliphatic heterocycles. The zero-order chi connectivity index (χ0) is 16.2. The van der Waals surface area contributed by atoms with Crippen LogP contribution in [0.4, 0.5) is 17.5 Å². The van der Waals surface area contributed by atoms with Gasteiger partial charge >= 0.3 is 22.0 Å². The molecular weight excluding hydrogens is 308 g/mol. The van der Waals surface area contributed by atoms with E-state index < -0.39 is 43.2 Å². The second-order valence-corrected chi connectivity index (χ2v) is 3.66. The predicted molar refractivity (Wildman–Crippen MR) is 57.2 cm³/mol. The maximum atomic E-state index is 10.3. The number of nitrogens with one attached hydrogen (secondary N) is 1. The molecule has 112 valence electrons. The van der Waals surface area contributed by atoms with Gasteiger partial charge in [-0.15, -0.1) is 4.73 Å². The molecule has 0 saturated carbocycles. The van der Waals surface area contributed by atoms with Crippen molar-refractivity contribution in [1.82, 2.24) is 9.71 Å². The molecule has 0 aliphatic carbocycles. The number of rotatable bonds is 2. The highest BCUT2D eigenvalue weighted by atomic mass is 32.3. The van der Waals surface area contributed by atoms with E-state index in [0.29, 0.717) is 0 Å². The number of hydrogen-bond donors (Lipinski definition) is 5. The van der Waals surface area contributed by atoms with Crippen molar-refractivity contribution in [3.63, 3.8) is 0 Å². The van der Waals surface area contributed by atoms with E-state index >= 15 is 0 Å². The lowest BCUT2D eigenvalue weighted by atomic mass is 10.5. The number of anilines is 1. The van der Waals surface area contributed by atoms with Crippen molar-refractivity contribution in [2.24, 2.45) is 0 Å². The first kappa shape index (κ1) is 17.2. The second kappa shape index (κ2) is 5.86. The highest BCUT2D eigenvalue weighted by Gasteiger charge is 2.25. The monoisotopic (exact) mass is 314 g/mol. The molecule has 0 unspecified atom stereocenters. The number of hydrogen-bond acceptors (Lipinski definition) is 10. The molecule has 0 radical (unpaired) electrons. The molecule has 16 heteroatoms. The summed E-state index contributed by atoms with van der Waals surface area (Å²) in [6, 6.07) is 0. The van der Waals surface area contributed by atoms with Crippen molar-refractivity contribution >= 4 is 27.9 Å². The molecular formula is C4H6N6O9S. The van der Waals surface area contributed by atoms with Gasteiger partial charge < -0.3 is 31.2 Å². The van der Waals surface area contributed by atoms with E-state index in [-0.39, 0.29) is 4.73 Å². The first-order valence-electron chi connectivity index (χ1n) is 4.01. The largest absolute Gasteiger partial charge is 0.424 e. The van der Waals surface area contributed by atoms with Gasteiger partial charge in [-0.05, 0) is 9.85 Å². The molecule has 0 spiro atoms. The first-order chi connectivity index (χ1) is 8.86. The van der Waals surface area contributed by atoms with E-state index in [1.165, 1.54) is 0 Å². The van der Waals surface area contributed by atoms with Crippen LogP contribution in [0.25, 0.3) is 0 Å². The van der Waals surface area contributed by atoms with Crippen LogP contribution in [0, 0.1) is 25.6 Å². The Bertz CT molecular complexity index is 698. The minimum absolute atomic E-state index is 0.177. The zero-order valence-electron chi connectivity index (χ0n) is 9.07. The molecule has 0 bridgehead atoms. The van der Waals surface area contributed by atoms with Crippen LogP contribution in [0.1, 0.15) is 0 Å². The maximum Gasteiger partial charge on any atom is 0.414 e. The maximum absolute atomic E-state index is 10.3. The Hall–Kier alpha value is -2.85. The first-order valence-corrected chi connectivity index (χ1v) is 5.41. The van der Waals surface area contributed by atoms with Gasteiger partial charge in [-0.1, -0.05) is 0 Å². The quantitative estimate of drug-likeness (QED) is 0.179. The molecule has 1 rings (SSSR count). The molecule has 15 nitrogen and oxygen atoms in total. The molecule has 20 heavy (non-hydrogen) atoms. The van der Waals surface area contributed by atoms with Gasteiger partial charge in [0.15, 0.2) is 0 Å². The van der Waals surface area contributed by atoms with Crippen molar-refractivity contribution in [2.75, 3.05) is 5.73 Å². The van der Waals surface area contributed by atoms with Crippen LogP contribution in [0.3, 0.4) is 0 Å². The third-order valence-corrected chi connectivity index (χ3v) is 1.44. The summed E-state index contributed by atoms with van der Waals surface area (Å²) in [6.07, 6.45) is 0. The van der Waals surface area contributed by atoms with Crippen LogP contribution in [0.2, 0.25) is 0 Å². The fourth-order valence-corrected chi connectivity index (χ4v) is 0.782.